The number of amides is 2. The Balaban J connectivity index is 1.28. The van der Waals surface area contributed by atoms with Gasteiger partial charge in [-0.1, -0.05) is 62.4 Å². The molecule has 7 heteroatoms. The third kappa shape index (κ3) is 5.34. The number of carboxylic acids is 1. The number of nitrogens with zero attached hydrogens (tertiary/aromatic N) is 1. The Kier molecular flexibility index (Phi) is 7.43. The van der Waals surface area contributed by atoms with Crippen LogP contribution in [0.3, 0.4) is 0 Å². The van der Waals surface area contributed by atoms with E-state index >= 15 is 0 Å². The van der Waals surface area contributed by atoms with E-state index in [0.717, 1.165) is 11.1 Å². The number of carboxylic acid groups (broad SMARTS) is 1. The molecule has 2 N–H and O–H groups in total. The molecular weight excluding hydrogens is 444 g/mol. The Hall–Kier alpha value is -3.35. The Bertz CT molecular complexity index is 1050. The monoisotopic (exact) mass is 478 g/mol. The molecule has 0 radical (unpaired) electrons. The fraction of sp³-hybridized carbons (Fsp3) is 0.464. The zero-order chi connectivity index (χ0) is 25.1. The van der Waals surface area contributed by atoms with Crippen molar-refractivity contribution in [3.63, 3.8) is 0 Å². The van der Waals surface area contributed by atoms with Crippen molar-refractivity contribution >= 4 is 18.0 Å². The van der Waals surface area contributed by atoms with Gasteiger partial charge in [0.05, 0.1) is 5.92 Å². The molecule has 1 unspecified atom stereocenters. The lowest BCUT2D eigenvalue weighted by molar-refractivity contribution is -0.150. The van der Waals surface area contributed by atoms with Crippen molar-refractivity contribution in [1.29, 1.82) is 0 Å². The number of benzene rings is 2. The fourth-order valence-corrected chi connectivity index (χ4v) is 5.09. The highest BCUT2D eigenvalue weighted by Gasteiger charge is 2.38. The quantitative estimate of drug-likeness (QED) is 0.553. The molecule has 0 heterocycles. The summed E-state index contributed by atoms with van der Waals surface area (Å²) in [6.45, 7) is 4.65. The van der Waals surface area contributed by atoms with Crippen molar-refractivity contribution in [3.05, 3.63) is 59.7 Å². The Morgan fingerprint density at radius 1 is 1.03 bits per heavy atom. The second-order valence-electron chi connectivity index (χ2n) is 10.1. The van der Waals surface area contributed by atoms with E-state index in [1.165, 1.54) is 11.1 Å². The van der Waals surface area contributed by atoms with Crippen LogP contribution >= 0.6 is 0 Å². The van der Waals surface area contributed by atoms with E-state index in [9.17, 15) is 14.4 Å². The molecule has 4 rings (SSSR count). The van der Waals surface area contributed by atoms with Crippen LogP contribution in [0.5, 0.6) is 0 Å². The third-order valence-electron chi connectivity index (χ3n) is 7.64. The van der Waals surface area contributed by atoms with E-state index in [1.54, 1.807) is 11.9 Å². The first-order chi connectivity index (χ1) is 16.8. The third-order valence-corrected chi connectivity index (χ3v) is 7.64. The number of ether oxygens (including phenoxy) is 1. The number of nitrogens with one attached hydrogen (secondary N) is 1. The summed E-state index contributed by atoms with van der Waals surface area (Å²) in [6, 6.07) is 16.4. The van der Waals surface area contributed by atoms with Crippen LogP contribution in [0.1, 0.15) is 50.2 Å². The van der Waals surface area contributed by atoms with Crippen LogP contribution in [0.15, 0.2) is 48.5 Å². The summed E-state index contributed by atoms with van der Waals surface area (Å²) in [7, 11) is 1.74. The minimum absolute atomic E-state index is 0.00128. The molecule has 35 heavy (non-hydrogen) atoms. The molecule has 2 aliphatic rings. The Morgan fingerprint density at radius 3 is 2.14 bits per heavy atom. The van der Waals surface area contributed by atoms with Crippen molar-refractivity contribution in [2.75, 3.05) is 20.2 Å². The summed E-state index contributed by atoms with van der Waals surface area (Å²) in [5, 5.41) is 11.9. The first-order valence-electron chi connectivity index (χ1n) is 12.3. The highest BCUT2D eigenvalue weighted by atomic mass is 16.5. The first kappa shape index (κ1) is 24.8. The van der Waals surface area contributed by atoms with Gasteiger partial charge in [-0.3, -0.25) is 9.59 Å². The van der Waals surface area contributed by atoms with E-state index in [4.69, 9.17) is 9.84 Å². The number of alkyl carbamates (subject to hydrolysis) is 1. The summed E-state index contributed by atoms with van der Waals surface area (Å²) in [4.78, 5) is 38.0. The highest BCUT2D eigenvalue weighted by Crippen LogP contribution is 2.44. The minimum Gasteiger partial charge on any atom is -0.481 e. The predicted molar refractivity (Wildman–Crippen MR) is 133 cm³/mol. The molecule has 2 aliphatic carbocycles. The lowest BCUT2D eigenvalue weighted by Crippen LogP contribution is -2.48. The van der Waals surface area contributed by atoms with Gasteiger partial charge in [0.25, 0.3) is 0 Å². The van der Waals surface area contributed by atoms with Gasteiger partial charge in [0.2, 0.25) is 5.91 Å². The molecule has 7 nitrogen and oxygen atoms in total. The molecule has 1 fully saturated rings. The molecule has 0 aliphatic heterocycles. The van der Waals surface area contributed by atoms with Gasteiger partial charge in [-0.05, 0) is 46.9 Å². The first-order valence-corrected chi connectivity index (χ1v) is 12.3. The minimum atomic E-state index is -0.797. The van der Waals surface area contributed by atoms with Crippen LogP contribution in [0.2, 0.25) is 0 Å². The zero-order valence-electron chi connectivity index (χ0n) is 20.6. The van der Waals surface area contributed by atoms with E-state index in [2.05, 4.69) is 29.6 Å². The van der Waals surface area contributed by atoms with E-state index in [1.807, 2.05) is 38.1 Å². The molecule has 1 atom stereocenters. The number of fused-ring (bicyclic) bond motifs is 3. The molecular formula is C28H34N2O5. The smallest absolute Gasteiger partial charge is 0.407 e. The average Bonchev–Trinajstić information content (AvgIpc) is 3.12. The Labute approximate surface area is 206 Å². The van der Waals surface area contributed by atoms with Crippen LogP contribution in [0, 0.1) is 17.8 Å². The maximum Gasteiger partial charge on any atom is 0.407 e. The van der Waals surface area contributed by atoms with Gasteiger partial charge in [0.1, 0.15) is 6.61 Å². The van der Waals surface area contributed by atoms with Crippen molar-refractivity contribution < 1.29 is 24.2 Å². The number of carbonyl (C=O) groups excluding carboxylic acids is 2. The molecule has 2 aromatic carbocycles. The standard InChI is InChI=1S/C28H34N2O5/c1-17(2)19(14-26(31)30(3)20-12-18(13-20)27(32)33)15-29-28(34)35-16-25-23-10-6-4-8-21(23)22-9-5-7-11-24(22)25/h4-11,17-20,25H,12-16H2,1-3H3,(H,29,34)(H,32,33). The number of hydrogen-bond acceptors (Lipinski definition) is 4. The van der Waals surface area contributed by atoms with Gasteiger partial charge < -0.3 is 20.1 Å². The summed E-state index contributed by atoms with van der Waals surface area (Å²) in [5.41, 5.74) is 4.69. The van der Waals surface area contributed by atoms with Crippen LogP contribution in [-0.4, -0.2) is 54.2 Å². The van der Waals surface area contributed by atoms with Gasteiger partial charge in [-0.2, -0.15) is 0 Å². The molecule has 0 bridgehead atoms. The summed E-state index contributed by atoms with van der Waals surface area (Å²) < 4.78 is 5.62. The van der Waals surface area contributed by atoms with Crippen LogP contribution in [0.25, 0.3) is 11.1 Å². The number of carbonyl (C=O) groups is 3. The molecule has 2 amide bonds. The summed E-state index contributed by atoms with van der Waals surface area (Å²) >= 11 is 0. The van der Waals surface area contributed by atoms with Crippen molar-refractivity contribution in [3.8, 4) is 11.1 Å². The van der Waals surface area contributed by atoms with Crippen LogP contribution < -0.4 is 5.32 Å². The van der Waals surface area contributed by atoms with Gasteiger partial charge in [0, 0.05) is 32.0 Å². The number of hydrogen-bond donors (Lipinski definition) is 2. The predicted octanol–water partition coefficient (Wildman–Crippen LogP) is 4.51. The van der Waals surface area contributed by atoms with Crippen molar-refractivity contribution in [2.45, 2.75) is 45.1 Å². The summed E-state index contributed by atoms with van der Waals surface area (Å²) in [6.07, 6.45) is 0.817. The van der Waals surface area contributed by atoms with Gasteiger partial charge in [-0.25, -0.2) is 4.79 Å². The van der Waals surface area contributed by atoms with Crippen molar-refractivity contribution in [1.82, 2.24) is 10.2 Å². The maximum absolute atomic E-state index is 12.8. The Morgan fingerprint density at radius 2 is 1.60 bits per heavy atom. The normalized spacial score (nSPS) is 19.3. The molecule has 0 aromatic heterocycles. The second-order valence-corrected chi connectivity index (χ2v) is 10.1. The largest absolute Gasteiger partial charge is 0.481 e. The van der Waals surface area contributed by atoms with Gasteiger partial charge in [0.15, 0.2) is 0 Å². The highest BCUT2D eigenvalue weighted by molar-refractivity contribution is 5.79. The molecule has 186 valence electrons. The second kappa shape index (κ2) is 10.5. The maximum atomic E-state index is 12.8. The lowest BCUT2D eigenvalue weighted by Gasteiger charge is -2.39. The lowest BCUT2D eigenvalue weighted by atomic mass is 9.79. The molecule has 2 aromatic rings. The fourth-order valence-electron chi connectivity index (χ4n) is 5.09. The van der Waals surface area contributed by atoms with Crippen LogP contribution in [-0.2, 0) is 14.3 Å². The van der Waals surface area contributed by atoms with Gasteiger partial charge >= 0.3 is 12.1 Å². The van der Waals surface area contributed by atoms with Crippen LogP contribution in [0.4, 0.5) is 4.79 Å². The number of rotatable bonds is 9. The molecule has 0 saturated heterocycles. The van der Waals surface area contributed by atoms with Gasteiger partial charge in [-0.15, -0.1) is 0 Å². The summed E-state index contributed by atoms with van der Waals surface area (Å²) in [5.74, 6) is -1.02. The molecule has 0 spiro atoms. The zero-order valence-corrected chi connectivity index (χ0v) is 20.6. The average molecular weight is 479 g/mol. The van der Waals surface area contributed by atoms with E-state index < -0.39 is 12.1 Å². The van der Waals surface area contributed by atoms with E-state index in [-0.39, 0.29) is 42.2 Å². The number of aliphatic carboxylic acids is 1. The molecule has 1 saturated carbocycles. The van der Waals surface area contributed by atoms with E-state index in [0.29, 0.717) is 25.8 Å². The SMILES string of the molecule is CC(C)C(CNC(=O)OCC1c2ccccc2-c2ccccc21)CC(=O)N(C)C1CC(C(=O)O)C1. The topological polar surface area (TPSA) is 95.9 Å². The van der Waals surface area contributed by atoms with Crippen molar-refractivity contribution in [2.24, 2.45) is 17.8 Å².